The molecule has 2 heterocycles. The molecular formula is C21H27N3O3. The molecule has 0 saturated carbocycles. The summed E-state index contributed by atoms with van der Waals surface area (Å²) in [5, 5.41) is 3.81. The summed E-state index contributed by atoms with van der Waals surface area (Å²) >= 11 is 0. The van der Waals surface area contributed by atoms with E-state index in [4.69, 9.17) is 4.42 Å². The summed E-state index contributed by atoms with van der Waals surface area (Å²) in [7, 11) is 0. The van der Waals surface area contributed by atoms with E-state index in [1.54, 1.807) is 12.1 Å². The van der Waals surface area contributed by atoms with Crippen LogP contribution in [0.5, 0.6) is 0 Å². The quantitative estimate of drug-likeness (QED) is 0.595. The second kappa shape index (κ2) is 8.97. The Labute approximate surface area is 159 Å². The van der Waals surface area contributed by atoms with E-state index >= 15 is 0 Å². The molecule has 1 aromatic heterocycles. The Balaban J connectivity index is 1.63. The number of hydrogen-bond donors (Lipinski definition) is 1. The molecule has 0 radical (unpaired) electrons. The first-order valence-corrected chi connectivity index (χ1v) is 9.47. The summed E-state index contributed by atoms with van der Waals surface area (Å²) in [5.41, 5.74) is 2.52. The first-order valence-electron chi connectivity index (χ1n) is 9.47. The lowest BCUT2D eigenvalue weighted by Crippen LogP contribution is -2.49. The van der Waals surface area contributed by atoms with Crippen LogP contribution in [0.3, 0.4) is 0 Å². The molecule has 0 bridgehead atoms. The van der Waals surface area contributed by atoms with Crippen LogP contribution in [0, 0.1) is 0 Å². The number of carbonyl (C=O) groups is 1. The first kappa shape index (κ1) is 19.3. The molecule has 0 aliphatic carbocycles. The number of amides is 1. The highest BCUT2D eigenvalue weighted by molar-refractivity contribution is 5.80. The van der Waals surface area contributed by atoms with Gasteiger partial charge in [-0.15, -0.1) is 6.58 Å². The molecule has 1 fully saturated rings. The first-order chi connectivity index (χ1) is 13.1. The van der Waals surface area contributed by atoms with Gasteiger partial charge in [-0.05, 0) is 23.6 Å². The van der Waals surface area contributed by atoms with E-state index in [0.29, 0.717) is 25.2 Å². The highest BCUT2D eigenvalue weighted by Gasteiger charge is 2.20. The average Bonchev–Trinajstić information content (AvgIpc) is 2.67. The molecule has 1 amide bonds. The second-order valence-electron chi connectivity index (χ2n) is 6.92. The zero-order chi connectivity index (χ0) is 19.2. The Hall–Kier alpha value is -2.44. The fraction of sp³-hybridized carbons (Fsp3) is 0.429. The van der Waals surface area contributed by atoms with Crippen molar-refractivity contribution in [3.05, 3.63) is 58.5 Å². The van der Waals surface area contributed by atoms with Crippen molar-refractivity contribution in [1.82, 2.24) is 15.1 Å². The molecule has 1 N–H and O–H groups in total. The number of nitrogens with zero attached hydrogens (tertiary/aromatic N) is 2. The SMILES string of the molecule is C=CCNC(=O)CN1CCN(Cc2cc(=O)oc3cc(CC)ccc23)CC1. The van der Waals surface area contributed by atoms with Crippen molar-refractivity contribution in [1.29, 1.82) is 0 Å². The Kier molecular flexibility index (Phi) is 6.42. The lowest BCUT2D eigenvalue weighted by atomic mass is 10.1. The molecule has 1 aliphatic heterocycles. The van der Waals surface area contributed by atoms with Gasteiger partial charge in [0.15, 0.2) is 0 Å². The van der Waals surface area contributed by atoms with Gasteiger partial charge < -0.3 is 9.73 Å². The van der Waals surface area contributed by atoms with Crippen molar-refractivity contribution >= 4 is 16.9 Å². The smallest absolute Gasteiger partial charge is 0.336 e. The molecule has 6 nitrogen and oxygen atoms in total. The molecule has 6 heteroatoms. The minimum atomic E-state index is -0.303. The zero-order valence-corrected chi connectivity index (χ0v) is 15.9. The lowest BCUT2D eigenvalue weighted by molar-refractivity contribution is -0.122. The Bertz CT molecular complexity index is 867. The standard InChI is InChI=1S/C21H27N3O3/c1-3-7-22-20(25)15-24-10-8-23(9-11-24)14-17-13-21(26)27-19-12-16(4-2)5-6-18(17)19/h3,5-6,12-13H,1,4,7-11,14-15H2,2H3,(H,22,25). The molecule has 2 aromatic rings. The molecule has 1 saturated heterocycles. The van der Waals surface area contributed by atoms with Gasteiger partial charge in [0.2, 0.25) is 5.91 Å². The summed E-state index contributed by atoms with van der Waals surface area (Å²) in [4.78, 5) is 28.3. The van der Waals surface area contributed by atoms with Crippen molar-refractivity contribution < 1.29 is 9.21 Å². The number of piperazine rings is 1. The van der Waals surface area contributed by atoms with Gasteiger partial charge in [-0.25, -0.2) is 4.79 Å². The van der Waals surface area contributed by atoms with Crippen LogP contribution in [0.2, 0.25) is 0 Å². The van der Waals surface area contributed by atoms with Crippen LogP contribution in [0.1, 0.15) is 18.1 Å². The summed E-state index contributed by atoms with van der Waals surface area (Å²) in [5.74, 6) is 0.0294. The van der Waals surface area contributed by atoms with Crippen molar-refractivity contribution in [2.24, 2.45) is 0 Å². The molecule has 144 valence electrons. The van der Waals surface area contributed by atoms with Gasteiger partial charge in [-0.1, -0.05) is 25.1 Å². The van der Waals surface area contributed by atoms with E-state index in [9.17, 15) is 9.59 Å². The van der Waals surface area contributed by atoms with Gasteiger partial charge >= 0.3 is 5.63 Å². The van der Waals surface area contributed by atoms with Crippen LogP contribution >= 0.6 is 0 Å². The van der Waals surface area contributed by atoms with Gasteiger partial charge in [-0.2, -0.15) is 0 Å². The molecule has 27 heavy (non-hydrogen) atoms. The van der Waals surface area contributed by atoms with Crippen LogP contribution < -0.4 is 10.9 Å². The number of hydrogen-bond acceptors (Lipinski definition) is 5. The third kappa shape index (κ3) is 5.05. The number of fused-ring (bicyclic) bond motifs is 1. The topological polar surface area (TPSA) is 65.8 Å². The number of benzene rings is 1. The van der Waals surface area contributed by atoms with Gasteiger partial charge in [-0.3, -0.25) is 14.6 Å². The Morgan fingerprint density at radius 3 is 2.67 bits per heavy atom. The molecular weight excluding hydrogens is 342 g/mol. The summed E-state index contributed by atoms with van der Waals surface area (Å²) in [6, 6.07) is 7.70. The van der Waals surface area contributed by atoms with E-state index in [-0.39, 0.29) is 11.5 Å². The maximum Gasteiger partial charge on any atom is 0.336 e. The number of rotatable bonds is 7. The number of carbonyl (C=O) groups excluding carboxylic acids is 1. The predicted octanol–water partition coefficient (Wildman–Crippen LogP) is 1.78. The summed E-state index contributed by atoms with van der Waals surface area (Å²) in [6.45, 7) is 10.7. The van der Waals surface area contributed by atoms with E-state index in [1.165, 1.54) is 0 Å². The van der Waals surface area contributed by atoms with Crippen molar-refractivity contribution in [3.8, 4) is 0 Å². The largest absolute Gasteiger partial charge is 0.423 e. The minimum absolute atomic E-state index is 0.0294. The predicted molar refractivity (Wildman–Crippen MR) is 107 cm³/mol. The van der Waals surface area contributed by atoms with Gasteiger partial charge in [0.1, 0.15) is 5.58 Å². The van der Waals surface area contributed by atoms with Crippen molar-refractivity contribution in [2.75, 3.05) is 39.3 Å². The monoisotopic (exact) mass is 369 g/mol. The summed E-state index contributed by atoms with van der Waals surface area (Å²) in [6.07, 6.45) is 2.59. The van der Waals surface area contributed by atoms with Gasteiger partial charge in [0.05, 0.1) is 6.54 Å². The molecule has 0 atom stereocenters. The van der Waals surface area contributed by atoms with Crippen molar-refractivity contribution in [2.45, 2.75) is 19.9 Å². The number of aryl methyl sites for hydroxylation is 1. The molecule has 0 spiro atoms. The van der Waals surface area contributed by atoms with E-state index in [1.807, 2.05) is 12.1 Å². The highest BCUT2D eigenvalue weighted by Crippen LogP contribution is 2.21. The van der Waals surface area contributed by atoms with E-state index in [2.05, 4.69) is 34.7 Å². The van der Waals surface area contributed by atoms with Crippen molar-refractivity contribution in [3.63, 3.8) is 0 Å². The van der Waals surface area contributed by atoms with Crippen LogP contribution in [-0.2, 0) is 17.8 Å². The molecule has 0 unspecified atom stereocenters. The zero-order valence-electron chi connectivity index (χ0n) is 15.9. The third-order valence-corrected chi connectivity index (χ3v) is 4.97. The fourth-order valence-corrected chi connectivity index (χ4v) is 3.42. The fourth-order valence-electron chi connectivity index (χ4n) is 3.42. The Morgan fingerprint density at radius 1 is 1.22 bits per heavy atom. The van der Waals surface area contributed by atoms with E-state index < -0.39 is 0 Å². The van der Waals surface area contributed by atoms with Crippen LogP contribution in [0.25, 0.3) is 11.0 Å². The van der Waals surface area contributed by atoms with Crippen LogP contribution in [0.15, 0.2) is 46.1 Å². The molecule has 1 aliphatic rings. The van der Waals surface area contributed by atoms with Gasteiger partial charge in [0, 0.05) is 50.7 Å². The third-order valence-electron chi connectivity index (χ3n) is 4.97. The lowest BCUT2D eigenvalue weighted by Gasteiger charge is -2.34. The summed E-state index contributed by atoms with van der Waals surface area (Å²) < 4.78 is 5.39. The maximum absolute atomic E-state index is 12.0. The van der Waals surface area contributed by atoms with Gasteiger partial charge in [0.25, 0.3) is 0 Å². The normalized spacial score (nSPS) is 15.7. The molecule has 1 aromatic carbocycles. The molecule has 3 rings (SSSR count). The maximum atomic E-state index is 12.0. The number of nitrogens with one attached hydrogen (secondary N) is 1. The van der Waals surface area contributed by atoms with Crippen LogP contribution in [0.4, 0.5) is 0 Å². The van der Waals surface area contributed by atoms with Crippen LogP contribution in [-0.4, -0.2) is 55.0 Å². The van der Waals surface area contributed by atoms with E-state index in [0.717, 1.165) is 49.1 Å². The second-order valence-corrected chi connectivity index (χ2v) is 6.92. The average molecular weight is 369 g/mol. The Morgan fingerprint density at radius 2 is 1.96 bits per heavy atom. The highest BCUT2D eigenvalue weighted by atomic mass is 16.4. The minimum Gasteiger partial charge on any atom is -0.423 e.